The van der Waals surface area contributed by atoms with E-state index in [0.717, 1.165) is 24.5 Å². The first-order chi connectivity index (χ1) is 7.70. The molecule has 1 aromatic heterocycles. The standard InChI is InChI=1S/C14H22N2/c1-3-11-4-7-13(16-9-11)8-14(15)10(2)12-5-6-12/h4,7,9-10,12,14H,3,5-6,8,15H2,1-2H3. The third-order valence-corrected chi connectivity index (χ3v) is 3.78. The minimum absolute atomic E-state index is 0.271. The van der Waals surface area contributed by atoms with Crippen LogP contribution in [-0.4, -0.2) is 11.0 Å². The first-order valence-electron chi connectivity index (χ1n) is 6.40. The number of pyridine rings is 1. The summed E-state index contributed by atoms with van der Waals surface area (Å²) in [4.78, 5) is 4.47. The van der Waals surface area contributed by atoms with Gasteiger partial charge in [0.2, 0.25) is 0 Å². The quantitative estimate of drug-likeness (QED) is 0.825. The number of aromatic nitrogens is 1. The van der Waals surface area contributed by atoms with Gasteiger partial charge in [0.25, 0.3) is 0 Å². The molecule has 16 heavy (non-hydrogen) atoms. The van der Waals surface area contributed by atoms with Crippen LogP contribution in [0, 0.1) is 11.8 Å². The smallest absolute Gasteiger partial charge is 0.0419 e. The molecule has 0 aromatic carbocycles. The zero-order chi connectivity index (χ0) is 11.5. The Morgan fingerprint density at radius 2 is 2.19 bits per heavy atom. The monoisotopic (exact) mass is 218 g/mol. The van der Waals surface area contributed by atoms with E-state index in [1.54, 1.807) is 0 Å². The lowest BCUT2D eigenvalue weighted by atomic mass is 9.93. The molecule has 0 spiro atoms. The predicted molar refractivity (Wildman–Crippen MR) is 67.2 cm³/mol. The minimum atomic E-state index is 0.271. The van der Waals surface area contributed by atoms with Crippen LogP contribution in [0.5, 0.6) is 0 Å². The lowest BCUT2D eigenvalue weighted by Gasteiger charge is -2.19. The van der Waals surface area contributed by atoms with Gasteiger partial charge in [0.1, 0.15) is 0 Å². The summed E-state index contributed by atoms with van der Waals surface area (Å²) >= 11 is 0. The molecule has 2 rings (SSSR count). The second kappa shape index (κ2) is 4.96. The van der Waals surface area contributed by atoms with Crippen LogP contribution in [-0.2, 0) is 12.8 Å². The highest BCUT2D eigenvalue weighted by Crippen LogP contribution is 2.38. The van der Waals surface area contributed by atoms with Gasteiger partial charge in [0.15, 0.2) is 0 Å². The molecular weight excluding hydrogens is 196 g/mol. The predicted octanol–water partition coefficient (Wildman–Crippen LogP) is 2.56. The number of nitrogens with zero attached hydrogens (tertiary/aromatic N) is 1. The van der Waals surface area contributed by atoms with Crippen LogP contribution in [0.4, 0.5) is 0 Å². The molecule has 2 heteroatoms. The summed E-state index contributed by atoms with van der Waals surface area (Å²) in [5.74, 6) is 1.53. The largest absolute Gasteiger partial charge is 0.327 e. The van der Waals surface area contributed by atoms with E-state index in [4.69, 9.17) is 5.73 Å². The normalized spacial score (nSPS) is 19.4. The fourth-order valence-electron chi connectivity index (χ4n) is 2.18. The van der Waals surface area contributed by atoms with Gasteiger partial charge in [-0.1, -0.05) is 19.9 Å². The summed E-state index contributed by atoms with van der Waals surface area (Å²) in [6.45, 7) is 4.43. The molecule has 0 aliphatic heterocycles. The van der Waals surface area contributed by atoms with Crippen LogP contribution in [0.3, 0.4) is 0 Å². The third-order valence-electron chi connectivity index (χ3n) is 3.78. The Morgan fingerprint density at radius 3 is 2.69 bits per heavy atom. The van der Waals surface area contributed by atoms with Crippen molar-refractivity contribution >= 4 is 0 Å². The number of nitrogens with two attached hydrogens (primary N) is 1. The Bertz CT molecular complexity index is 327. The highest BCUT2D eigenvalue weighted by molar-refractivity contribution is 5.14. The maximum atomic E-state index is 6.22. The lowest BCUT2D eigenvalue weighted by molar-refractivity contribution is 0.402. The van der Waals surface area contributed by atoms with Crippen LogP contribution >= 0.6 is 0 Å². The summed E-state index contributed by atoms with van der Waals surface area (Å²) in [5, 5.41) is 0. The molecule has 0 saturated heterocycles. The van der Waals surface area contributed by atoms with Crippen molar-refractivity contribution in [1.82, 2.24) is 4.98 Å². The van der Waals surface area contributed by atoms with Gasteiger partial charge in [-0.2, -0.15) is 0 Å². The molecule has 0 bridgehead atoms. The summed E-state index contributed by atoms with van der Waals surface area (Å²) in [6.07, 6.45) is 6.69. The van der Waals surface area contributed by atoms with E-state index < -0.39 is 0 Å². The van der Waals surface area contributed by atoms with Crippen LogP contribution in [0.1, 0.15) is 37.9 Å². The van der Waals surface area contributed by atoms with Gasteiger partial charge < -0.3 is 5.73 Å². The van der Waals surface area contributed by atoms with E-state index in [-0.39, 0.29) is 6.04 Å². The van der Waals surface area contributed by atoms with Crippen LogP contribution in [0.2, 0.25) is 0 Å². The molecule has 1 saturated carbocycles. The van der Waals surface area contributed by atoms with E-state index in [9.17, 15) is 0 Å². The van der Waals surface area contributed by atoms with Crippen molar-refractivity contribution in [3.8, 4) is 0 Å². The molecule has 0 amide bonds. The fraction of sp³-hybridized carbons (Fsp3) is 0.643. The van der Waals surface area contributed by atoms with E-state index >= 15 is 0 Å². The van der Waals surface area contributed by atoms with Gasteiger partial charge in [-0.3, -0.25) is 4.98 Å². The van der Waals surface area contributed by atoms with Crippen molar-refractivity contribution in [1.29, 1.82) is 0 Å². The third kappa shape index (κ3) is 2.82. The summed E-state index contributed by atoms with van der Waals surface area (Å²) in [6, 6.07) is 4.56. The van der Waals surface area contributed by atoms with E-state index in [2.05, 4.69) is 31.0 Å². The molecule has 88 valence electrons. The zero-order valence-electron chi connectivity index (χ0n) is 10.3. The maximum absolute atomic E-state index is 6.22. The molecule has 1 aliphatic carbocycles. The summed E-state index contributed by atoms with van der Waals surface area (Å²) in [5.41, 5.74) is 8.66. The lowest BCUT2D eigenvalue weighted by Crippen LogP contribution is -2.32. The van der Waals surface area contributed by atoms with Crippen molar-refractivity contribution < 1.29 is 0 Å². The van der Waals surface area contributed by atoms with Gasteiger partial charge >= 0.3 is 0 Å². The number of hydrogen-bond acceptors (Lipinski definition) is 2. The SMILES string of the molecule is CCc1ccc(CC(N)C(C)C2CC2)nc1. The van der Waals surface area contributed by atoms with Crippen molar-refractivity contribution in [2.24, 2.45) is 17.6 Å². The van der Waals surface area contributed by atoms with Gasteiger partial charge in [0.05, 0.1) is 0 Å². The first-order valence-corrected chi connectivity index (χ1v) is 6.40. The number of rotatable bonds is 5. The van der Waals surface area contributed by atoms with E-state index in [0.29, 0.717) is 5.92 Å². The Hall–Kier alpha value is -0.890. The molecule has 2 nitrogen and oxygen atoms in total. The van der Waals surface area contributed by atoms with Gasteiger partial charge in [-0.15, -0.1) is 0 Å². The Labute approximate surface area is 98.3 Å². The van der Waals surface area contributed by atoms with Crippen molar-refractivity contribution in [3.63, 3.8) is 0 Å². The van der Waals surface area contributed by atoms with Crippen LogP contribution in [0.15, 0.2) is 18.3 Å². The van der Waals surface area contributed by atoms with Crippen molar-refractivity contribution in [2.75, 3.05) is 0 Å². The molecule has 1 fully saturated rings. The van der Waals surface area contributed by atoms with Crippen molar-refractivity contribution in [3.05, 3.63) is 29.6 Å². The average Bonchev–Trinajstić information content (AvgIpc) is 3.13. The number of hydrogen-bond donors (Lipinski definition) is 1. The second-order valence-corrected chi connectivity index (χ2v) is 5.08. The molecule has 2 atom stereocenters. The van der Waals surface area contributed by atoms with Gasteiger partial charge in [-0.25, -0.2) is 0 Å². The molecule has 1 aliphatic rings. The zero-order valence-corrected chi connectivity index (χ0v) is 10.3. The average molecular weight is 218 g/mol. The second-order valence-electron chi connectivity index (χ2n) is 5.08. The topological polar surface area (TPSA) is 38.9 Å². The van der Waals surface area contributed by atoms with Crippen molar-refractivity contribution in [2.45, 2.75) is 45.6 Å². The van der Waals surface area contributed by atoms with Gasteiger partial charge in [-0.05, 0) is 42.7 Å². The first kappa shape index (κ1) is 11.6. The molecular formula is C14H22N2. The van der Waals surface area contributed by atoms with E-state index in [1.165, 1.54) is 18.4 Å². The molecule has 1 aromatic rings. The number of aryl methyl sites for hydroxylation is 1. The molecule has 1 heterocycles. The molecule has 2 unspecified atom stereocenters. The highest BCUT2D eigenvalue weighted by Gasteiger charge is 2.31. The summed E-state index contributed by atoms with van der Waals surface area (Å²) in [7, 11) is 0. The Balaban J connectivity index is 1.91. The van der Waals surface area contributed by atoms with Crippen LogP contribution < -0.4 is 5.73 Å². The van der Waals surface area contributed by atoms with Crippen LogP contribution in [0.25, 0.3) is 0 Å². The maximum Gasteiger partial charge on any atom is 0.0419 e. The Kier molecular flexibility index (Phi) is 3.59. The highest BCUT2D eigenvalue weighted by atomic mass is 14.7. The molecule has 2 N–H and O–H groups in total. The summed E-state index contributed by atoms with van der Waals surface area (Å²) < 4.78 is 0. The minimum Gasteiger partial charge on any atom is -0.327 e. The molecule has 0 radical (unpaired) electrons. The Morgan fingerprint density at radius 1 is 1.44 bits per heavy atom. The van der Waals surface area contributed by atoms with E-state index in [1.807, 2.05) is 6.20 Å². The van der Waals surface area contributed by atoms with Gasteiger partial charge in [0, 0.05) is 24.4 Å². The fourth-order valence-corrected chi connectivity index (χ4v) is 2.18.